The summed E-state index contributed by atoms with van der Waals surface area (Å²) < 4.78 is 13.5. The quantitative estimate of drug-likeness (QED) is 0.769. The molecule has 1 aromatic carbocycles. The molecule has 0 radical (unpaired) electrons. The monoisotopic (exact) mass is 241 g/mol. The molecule has 0 fully saturated rings. The van der Waals surface area contributed by atoms with E-state index in [2.05, 4.69) is 4.98 Å². The average molecular weight is 242 g/mol. The molecule has 0 N–H and O–H groups in total. The first-order chi connectivity index (χ1) is 7.22. The molecule has 0 unspecified atom stereocenters. The zero-order valence-electron chi connectivity index (χ0n) is 8.13. The van der Waals surface area contributed by atoms with Gasteiger partial charge in [-0.15, -0.1) is 11.3 Å². The van der Waals surface area contributed by atoms with Crippen molar-refractivity contribution < 1.29 is 4.39 Å². The van der Waals surface area contributed by atoms with Crippen LogP contribution in [-0.4, -0.2) is 4.98 Å². The van der Waals surface area contributed by atoms with E-state index in [1.165, 1.54) is 17.4 Å². The van der Waals surface area contributed by atoms with E-state index < -0.39 is 0 Å². The van der Waals surface area contributed by atoms with Crippen molar-refractivity contribution in [2.75, 3.05) is 0 Å². The van der Waals surface area contributed by atoms with Crippen molar-refractivity contribution in [3.8, 4) is 10.6 Å². The summed E-state index contributed by atoms with van der Waals surface area (Å²) in [5.74, 6) is -0.320. The normalized spacial score (nSPS) is 10.6. The van der Waals surface area contributed by atoms with Crippen LogP contribution in [0, 0.1) is 5.82 Å². The Balaban J connectivity index is 2.53. The van der Waals surface area contributed by atoms with Crippen LogP contribution in [0.4, 0.5) is 4.39 Å². The smallest absolute Gasteiger partial charge is 0.134 e. The first-order valence-corrected chi connectivity index (χ1v) is 5.87. The largest absolute Gasteiger partial charge is 0.241 e. The molecule has 0 saturated heterocycles. The molecule has 0 aliphatic heterocycles. The summed E-state index contributed by atoms with van der Waals surface area (Å²) >= 11 is 7.36. The van der Waals surface area contributed by atoms with Gasteiger partial charge in [0.25, 0.3) is 0 Å². The summed E-state index contributed by atoms with van der Waals surface area (Å²) in [6.45, 7) is 2.02. The third-order valence-electron chi connectivity index (χ3n) is 2.09. The second kappa shape index (κ2) is 4.29. The van der Waals surface area contributed by atoms with Crippen molar-refractivity contribution >= 4 is 22.9 Å². The fraction of sp³-hybridized carbons (Fsp3) is 0.182. The van der Waals surface area contributed by atoms with Crippen molar-refractivity contribution in [3.05, 3.63) is 40.1 Å². The molecule has 0 atom stereocenters. The molecule has 0 amide bonds. The van der Waals surface area contributed by atoms with E-state index in [4.69, 9.17) is 11.6 Å². The lowest BCUT2D eigenvalue weighted by molar-refractivity contribution is 0.631. The Kier molecular flexibility index (Phi) is 3.03. The average Bonchev–Trinajstić information content (AvgIpc) is 2.66. The minimum atomic E-state index is -0.320. The van der Waals surface area contributed by atoms with Crippen LogP contribution in [0.25, 0.3) is 10.6 Å². The predicted molar refractivity (Wildman–Crippen MR) is 61.9 cm³/mol. The molecular weight excluding hydrogens is 233 g/mol. The van der Waals surface area contributed by atoms with Gasteiger partial charge < -0.3 is 0 Å². The Labute approximate surface area is 96.5 Å². The first kappa shape index (κ1) is 10.6. The zero-order chi connectivity index (χ0) is 10.8. The van der Waals surface area contributed by atoms with E-state index in [0.717, 1.165) is 12.1 Å². The van der Waals surface area contributed by atoms with Crippen molar-refractivity contribution in [3.63, 3.8) is 0 Å². The Morgan fingerprint density at radius 1 is 1.47 bits per heavy atom. The van der Waals surface area contributed by atoms with Crippen LogP contribution in [0.2, 0.25) is 5.02 Å². The summed E-state index contributed by atoms with van der Waals surface area (Å²) in [6, 6.07) is 4.66. The van der Waals surface area contributed by atoms with Gasteiger partial charge in [0.2, 0.25) is 0 Å². The second-order valence-corrected chi connectivity index (χ2v) is 4.36. The highest BCUT2D eigenvalue weighted by Gasteiger charge is 2.12. The lowest BCUT2D eigenvalue weighted by Gasteiger charge is -2.00. The fourth-order valence-corrected chi connectivity index (χ4v) is 2.56. The molecular formula is C11H9ClFNS. The van der Waals surface area contributed by atoms with Gasteiger partial charge in [-0.05, 0) is 18.6 Å². The highest BCUT2D eigenvalue weighted by atomic mass is 35.5. The topological polar surface area (TPSA) is 12.9 Å². The van der Waals surface area contributed by atoms with Gasteiger partial charge >= 0.3 is 0 Å². The van der Waals surface area contributed by atoms with Gasteiger partial charge in [0.15, 0.2) is 0 Å². The lowest BCUT2D eigenvalue weighted by Crippen LogP contribution is -1.86. The zero-order valence-corrected chi connectivity index (χ0v) is 9.70. The standard InChI is InChI=1S/C11H9ClFNS/c1-2-7-6-15-11(14-7)10-8(12)4-3-5-9(10)13/h3-6H,2H2,1H3. The number of thiazole rings is 1. The molecule has 0 aliphatic carbocycles. The van der Waals surface area contributed by atoms with Crippen molar-refractivity contribution in [1.29, 1.82) is 0 Å². The van der Waals surface area contributed by atoms with E-state index in [0.29, 0.717) is 15.6 Å². The van der Waals surface area contributed by atoms with E-state index in [9.17, 15) is 4.39 Å². The third-order valence-corrected chi connectivity index (χ3v) is 3.31. The van der Waals surface area contributed by atoms with Gasteiger partial charge in [0.05, 0.1) is 16.3 Å². The van der Waals surface area contributed by atoms with Gasteiger partial charge in [0.1, 0.15) is 10.8 Å². The van der Waals surface area contributed by atoms with Crippen LogP contribution in [0.1, 0.15) is 12.6 Å². The van der Waals surface area contributed by atoms with E-state index >= 15 is 0 Å². The lowest BCUT2D eigenvalue weighted by atomic mass is 10.2. The maximum absolute atomic E-state index is 13.5. The summed E-state index contributed by atoms with van der Waals surface area (Å²) in [4.78, 5) is 4.31. The number of halogens is 2. The first-order valence-electron chi connectivity index (χ1n) is 4.61. The Morgan fingerprint density at radius 3 is 2.87 bits per heavy atom. The van der Waals surface area contributed by atoms with Crippen LogP contribution in [0.3, 0.4) is 0 Å². The summed E-state index contributed by atoms with van der Waals surface area (Å²) in [5.41, 5.74) is 1.37. The molecule has 2 aromatic rings. The van der Waals surface area contributed by atoms with E-state index in [1.54, 1.807) is 12.1 Å². The van der Waals surface area contributed by atoms with Crippen LogP contribution < -0.4 is 0 Å². The number of benzene rings is 1. The second-order valence-electron chi connectivity index (χ2n) is 3.09. The maximum Gasteiger partial charge on any atom is 0.134 e. The molecule has 0 aliphatic rings. The molecule has 0 bridgehead atoms. The molecule has 1 nitrogen and oxygen atoms in total. The maximum atomic E-state index is 13.5. The van der Waals surface area contributed by atoms with Gasteiger partial charge in [-0.1, -0.05) is 24.6 Å². The number of aryl methyl sites for hydroxylation is 1. The Hall–Kier alpha value is -0.930. The summed E-state index contributed by atoms with van der Waals surface area (Å²) in [6.07, 6.45) is 0.850. The van der Waals surface area contributed by atoms with Gasteiger partial charge in [0, 0.05) is 5.38 Å². The number of nitrogens with zero attached hydrogens (tertiary/aromatic N) is 1. The van der Waals surface area contributed by atoms with Gasteiger partial charge in [-0.25, -0.2) is 9.37 Å². The van der Waals surface area contributed by atoms with Crippen LogP contribution in [0.15, 0.2) is 23.6 Å². The fourth-order valence-electron chi connectivity index (χ4n) is 1.29. The third kappa shape index (κ3) is 2.03. The van der Waals surface area contributed by atoms with Crippen molar-refractivity contribution in [1.82, 2.24) is 4.98 Å². The molecule has 15 heavy (non-hydrogen) atoms. The highest BCUT2D eigenvalue weighted by Crippen LogP contribution is 2.32. The molecule has 2 rings (SSSR count). The number of rotatable bonds is 2. The SMILES string of the molecule is CCc1csc(-c2c(F)cccc2Cl)n1. The van der Waals surface area contributed by atoms with Crippen LogP contribution in [0.5, 0.6) is 0 Å². The van der Waals surface area contributed by atoms with Gasteiger partial charge in [-0.2, -0.15) is 0 Å². The number of aromatic nitrogens is 1. The molecule has 1 heterocycles. The molecule has 78 valence electrons. The molecule has 0 saturated carbocycles. The van der Waals surface area contributed by atoms with Crippen LogP contribution >= 0.6 is 22.9 Å². The molecule has 0 spiro atoms. The van der Waals surface area contributed by atoms with E-state index in [1.807, 2.05) is 12.3 Å². The minimum absolute atomic E-state index is 0.320. The van der Waals surface area contributed by atoms with Crippen molar-refractivity contribution in [2.45, 2.75) is 13.3 Å². The number of hydrogen-bond donors (Lipinski definition) is 0. The van der Waals surface area contributed by atoms with E-state index in [-0.39, 0.29) is 5.82 Å². The Morgan fingerprint density at radius 2 is 2.27 bits per heavy atom. The summed E-state index contributed by atoms with van der Waals surface area (Å²) in [5, 5.41) is 2.99. The van der Waals surface area contributed by atoms with Crippen molar-refractivity contribution in [2.24, 2.45) is 0 Å². The minimum Gasteiger partial charge on any atom is -0.241 e. The molecule has 1 aromatic heterocycles. The Bertz CT molecular complexity index is 461. The summed E-state index contributed by atoms with van der Waals surface area (Å²) in [7, 11) is 0. The highest BCUT2D eigenvalue weighted by molar-refractivity contribution is 7.13. The number of hydrogen-bond acceptors (Lipinski definition) is 2. The van der Waals surface area contributed by atoms with Gasteiger partial charge in [-0.3, -0.25) is 0 Å². The molecule has 4 heteroatoms. The van der Waals surface area contributed by atoms with Crippen LogP contribution in [-0.2, 0) is 6.42 Å². The predicted octanol–water partition coefficient (Wildman–Crippen LogP) is 4.17.